The Labute approximate surface area is 405 Å². The van der Waals surface area contributed by atoms with Gasteiger partial charge in [-0.05, 0) is 88.2 Å². The molecule has 0 aromatic heterocycles. The molecule has 15 heteroatoms. The maximum Gasteiger partial charge on any atom is 0.329 e. The number of imide groups is 1. The zero-order valence-corrected chi connectivity index (χ0v) is 39.5. The first-order chi connectivity index (χ1) is 33.9. The van der Waals surface area contributed by atoms with Crippen LogP contribution in [0.4, 0.5) is 10.5 Å². The monoisotopic (exact) mass is 946 g/mol. The van der Waals surface area contributed by atoms with Crippen LogP contribution in [0.3, 0.4) is 0 Å². The molecule has 9 rings (SSSR count). The second kappa shape index (κ2) is 19.4. The SMILES string of the molecule is COC(=O)[C@@H](NC(=O)N1C(=O)[C@@]2(c3cc(C#CCCO)ccc31)[C@H](C(=O)N1CCc3cc(OC)c(OC)cc3C1)[C@H]1C(=O)O[C@H](c3ccccc3)[C@H](c3ccccc3)N1[C@@H]2c1ccc(O)cc1)C(C)C. The smallest absolute Gasteiger partial charge is 0.329 e. The number of amides is 4. The highest BCUT2D eigenvalue weighted by molar-refractivity contribution is 6.25. The molecule has 4 aliphatic rings. The summed E-state index contributed by atoms with van der Waals surface area (Å²) in [6, 6.07) is 27.9. The number of nitrogens with zero attached hydrogens (tertiary/aromatic N) is 3. The van der Waals surface area contributed by atoms with Crippen LogP contribution in [0.2, 0.25) is 0 Å². The van der Waals surface area contributed by atoms with Crippen LogP contribution in [0.5, 0.6) is 17.2 Å². The van der Waals surface area contributed by atoms with Crippen LogP contribution in [0, 0.1) is 23.7 Å². The minimum Gasteiger partial charge on any atom is -0.508 e. The molecule has 2 fully saturated rings. The Bertz CT molecular complexity index is 2900. The standard InChI is InChI=1S/C55H54N4O11/c1-32(2)45(51(63)69-5)56-54(66)58-41-24-19-33(14-12-13-27-60)28-40(41)55(53(58)65)44(50(62)57-26-25-37-29-42(67-3)43(68-4)30-38(37)31-57)47-52(64)70-48(35-17-10-7-11-18-35)46(34-15-8-6-9-16-34)59(47)49(55)36-20-22-39(61)23-21-36/h6-11,15-24,28-30,32,44-49,60-61H,13,25-27,31H2,1-5H3,(H,56,66)/t44-,45-,46-,47-,48+,49+,55-/m0/s1. The van der Waals surface area contributed by atoms with Gasteiger partial charge in [0.1, 0.15) is 29.4 Å². The van der Waals surface area contributed by atoms with Crippen molar-refractivity contribution < 1.29 is 53.1 Å². The lowest BCUT2D eigenvalue weighted by atomic mass is 9.64. The summed E-state index contributed by atoms with van der Waals surface area (Å²) in [6.45, 7) is 3.53. The van der Waals surface area contributed by atoms with Crippen molar-refractivity contribution >= 4 is 35.5 Å². The number of aromatic hydroxyl groups is 1. The van der Waals surface area contributed by atoms with E-state index in [-0.39, 0.29) is 43.1 Å². The van der Waals surface area contributed by atoms with Gasteiger partial charge in [-0.15, -0.1) is 0 Å². The third-order valence-corrected chi connectivity index (χ3v) is 14.0. The molecule has 0 saturated carbocycles. The Morgan fingerprint density at radius 3 is 2.11 bits per heavy atom. The van der Waals surface area contributed by atoms with E-state index in [2.05, 4.69) is 17.2 Å². The van der Waals surface area contributed by atoms with Gasteiger partial charge in [-0.2, -0.15) is 0 Å². The summed E-state index contributed by atoms with van der Waals surface area (Å²) >= 11 is 0. The fourth-order valence-electron chi connectivity index (χ4n) is 10.9. The largest absolute Gasteiger partial charge is 0.508 e. The summed E-state index contributed by atoms with van der Waals surface area (Å²) in [5.74, 6) is 2.06. The van der Waals surface area contributed by atoms with Crippen LogP contribution in [-0.2, 0) is 47.0 Å². The molecule has 0 aliphatic carbocycles. The fourth-order valence-corrected chi connectivity index (χ4v) is 10.9. The predicted octanol–water partition coefficient (Wildman–Crippen LogP) is 6.30. The van der Waals surface area contributed by atoms with Gasteiger partial charge in [0.2, 0.25) is 11.8 Å². The quantitative estimate of drug-likeness (QED) is 0.105. The second-order valence-corrected chi connectivity index (χ2v) is 18.2. The minimum absolute atomic E-state index is 0.0676. The first-order valence-electron chi connectivity index (χ1n) is 23.2. The molecule has 5 aromatic carbocycles. The first-order valence-corrected chi connectivity index (χ1v) is 23.2. The van der Waals surface area contributed by atoms with Crippen LogP contribution in [0.1, 0.15) is 77.4 Å². The van der Waals surface area contributed by atoms with Crippen LogP contribution < -0.4 is 19.7 Å². The van der Waals surface area contributed by atoms with E-state index >= 15 is 19.2 Å². The molecule has 15 nitrogen and oxygen atoms in total. The predicted molar refractivity (Wildman–Crippen MR) is 256 cm³/mol. The molecule has 1 spiro atoms. The van der Waals surface area contributed by atoms with Gasteiger partial charge >= 0.3 is 18.0 Å². The lowest BCUT2D eigenvalue weighted by molar-refractivity contribution is -0.179. The van der Waals surface area contributed by atoms with Crippen molar-refractivity contribution in [3.05, 3.63) is 154 Å². The molecule has 0 radical (unpaired) electrons. The number of fused-ring (bicyclic) bond motifs is 4. The van der Waals surface area contributed by atoms with Gasteiger partial charge in [0.05, 0.1) is 51.6 Å². The van der Waals surface area contributed by atoms with Crippen molar-refractivity contribution in [3.63, 3.8) is 0 Å². The van der Waals surface area contributed by atoms with Crippen molar-refractivity contribution in [1.82, 2.24) is 15.1 Å². The number of ether oxygens (including phenoxy) is 4. The van der Waals surface area contributed by atoms with Crippen molar-refractivity contribution in [2.24, 2.45) is 11.8 Å². The number of phenolic OH excluding ortho intramolecular Hbond substituents is 1. The van der Waals surface area contributed by atoms with E-state index in [0.29, 0.717) is 34.6 Å². The zero-order valence-electron chi connectivity index (χ0n) is 39.5. The lowest BCUT2D eigenvalue weighted by Gasteiger charge is -2.46. The number of urea groups is 1. The number of esters is 2. The number of phenols is 1. The molecule has 3 N–H and O–H groups in total. The summed E-state index contributed by atoms with van der Waals surface area (Å²) in [7, 11) is 4.28. The van der Waals surface area contributed by atoms with E-state index in [1.165, 1.54) is 26.4 Å². The Morgan fingerprint density at radius 2 is 1.49 bits per heavy atom. The van der Waals surface area contributed by atoms with E-state index in [1.807, 2.05) is 77.7 Å². The molecule has 0 bridgehead atoms. The van der Waals surface area contributed by atoms with Crippen LogP contribution >= 0.6 is 0 Å². The molecule has 4 amide bonds. The molecular weight excluding hydrogens is 893 g/mol. The fraction of sp³-hybridized carbons (Fsp3) is 0.327. The highest BCUT2D eigenvalue weighted by atomic mass is 16.6. The van der Waals surface area contributed by atoms with Crippen molar-refractivity contribution in [1.29, 1.82) is 0 Å². The number of aliphatic hydroxyl groups is 1. The minimum atomic E-state index is -2.12. The van der Waals surface area contributed by atoms with E-state index in [0.717, 1.165) is 21.6 Å². The van der Waals surface area contributed by atoms with E-state index in [9.17, 15) is 15.0 Å². The van der Waals surface area contributed by atoms with Crippen LogP contribution in [0.15, 0.2) is 115 Å². The Kier molecular flexibility index (Phi) is 13.1. The molecule has 7 atom stereocenters. The number of benzene rings is 5. The number of nitrogens with one attached hydrogen (secondary N) is 1. The second-order valence-electron chi connectivity index (χ2n) is 18.2. The molecule has 2 saturated heterocycles. The average Bonchev–Trinajstić information content (AvgIpc) is 3.83. The molecular formula is C55H54N4O11. The van der Waals surface area contributed by atoms with Crippen LogP contribution in [0.25, 0.3) is 0 Å². The Morgan fingerprint density at radius 1 is 0.829 bits per heavy atom. The van der Waals surface area contributed by atoms with Gasteiger partial charge in [0, 0.05) is 25.1 Å². The lowest BCUT2D eigenvalue weighted by Crippen LogP contribution is -2.58. The van der Waals surface area contributed by atoms with Gasteiger partial charge in [-0.1, -0.05) is 98.5 Å². The van der Waals surface area contributed by atoms with Gasteiger partial charge in [0.25, 0.3) is 0 Å². The summed E-state index contributed by atoms with van der Waals surface area (Å²) in [4.78, 5) is 81.4. The van der Waals surface area contributed by atoms with Gasteiger partial charge in [0.15, 0.2) is 11.5 Å². The molecule has 360 valence electrons. The van der Waals surface area contributed by atoms with E-state index < -0.39 is 77.3 Å². The highest BCUT2D eigenvalue weighted by Gasteiger charge is 2.76. The topological polar surface area (TPSA) is 184 Å². The maximum atomic E-state index is 16.7. The number of hydrogen-bond acceptors (Lipinski definition) is 12. The number of morpholine rings is 1. The maximum absolute atomic E-state index is 16.7. The van der Waals surface area contributed by atoms with Crippen molar-refractivity contribution in [2.45, 2.75) is 68.9 Å². The molecule has 4 heterocycles. The number of rotatable bonds is 10. The van der Waals surface area contributed by atoms with Gasteiger partial charge in [-0.3, -0.25) is 19.3 Å². The van der Waals surface area contributed by atoms with Gasteiger partial charge in [-0.25, -0.2) is 14.5 Å². The number of hydrogen-bond donors (Lipinski definition) is 3. The molecule has 70 heavy (non-hydrogen) atoms. The normalized spacial score (nSPS) is 22.8. The molecule has 4 aliphatic heterocycles. The van der Waals surface area contributed by atoms with Crippen molar-refractivity contribution in [3.8, 4) is 29.1 Å². The average molecular weight is 947 g/mol. The number of carbonyl (C=O) groups excluding carboxylic acids is 5. The van der Waals surface area contributed by atoms with E-state index in [1.54, 1.807) is 56.2 Å². The number of aliphatic hydroxyl groups excluding tert-OH is 1. The molecule has 5 aromatic rings. The Hall–Kier alpha value is -7.67. The first kappa shape index (κ1) is 47.4. The third-order valence-electron chi connectivity index (χ3n) is 14.0. The van der Waals surface area contributed by atoms with Gasteiger partial charge < -0.3 is 39.4 Å². The summed E-state index contributed by atoms with van der Waals surface area (Å²) in [6.07, 6.45) is -0.413. The summed E-state index contributed by atoms with van der Waals surface area (Å²) < 4.78 is 23.0. The van der Waals surface area contributed by atoms with E-state index in [4.69, 9.17) is 18.9 Å². The summed E-state index contributed by atoms with van der Waals surface area (Å²) in [5.41, 5.74) is 2.17. The third kappa shape index (κ3) is 7.96. The van der Waals surface area contributed by atoms with Crippen molar-refractivity contribution in [2.75, 3.05) is 39.4 Å². The van der Waals surface area contributed by atoms with Crippen LogP contribution in [-0.4, -0.2) is 96.4 Å². The summed E-state index contributed by atoms with van der Waals surface area (Å²) in [5, 5.41) is 23.3. The number of carbonyl (C=O) groups is 5. The number of methoxy groups -OCH3 is 3. The number of cyclic esters (lactones) is 1. The zero-order chi connectivity index (χ0) is 49.4. The highest BCUT2D eigenvalue weighted by Crippen LogP contribution is 2.66. The number of anilines is 1. The Balaban J connectivity index is 1.35. The molecule has 0 unspecified atom stereocenters.